The molecule has 0 aliphatic carbocycles. The molecule has 1 fully saturated rings. The van der Waals surface area contributed by atoms with E-state index in [0.29, 0.717) is 24.4 Å². The lowest BCUT2D eigenvalue weighted by Crippen LogP contribution is -2.34. The Morgan fingerprint density at radius 1 is 1.12 bits per heavy atom. The van der Waals surface area contributed by atoms with E-state index in [1.807, 2.05) is 53.4 Å². The number of para-hydroxylation sites is 1. The minimum atomic E-state index is -0.521. The largest absolute Gasteiger partial charge is 0.391 e. The van der Waals surface area contributed by atoms with Crippen molar-refractivity contribution in [3.8, 4) is 0 Å². The van der Waals surface area contributed by atoms with Crippen LogP contribution in [0.2, 0.25) is 5.02 Å². The Morgan fingerprint density at radius 3 is 2.71 bits per heavy atom. The molecule has 2 aliphatic heterocycles. The summed E-state index contributed by atoms with van der Waals surface area (Å²) < 4.78 is 0. The number of nitrogens with zero attached hydrogens (tertiary/aromatic N) is 1. The van der Waals surface area contributed by atoms with Crippen molar-refractivity contribution in [3.05, 3.63) is 64.7 Å². The molecule has 2 heterocycles. The van der Waals surface area contributed by atoms with Gasteiger partial charge in [0.15, 0.2) is 0 Å². The lowest BCUT2D eigenvalue weighted by molar-refractivity contribution is 0.0724. The van der Waals surface area contributed by atoms with Gasteiger partial charge < -0.3 is 15.3 Å². The quantitative estimate of drug-likeness (QED) is 0.878. The van der Waals surface area contributed by atoms with Crippen molar-refractivity contribution in [2.24, 2.45) is 0 Å². The normalized spacial score (nSPS) is 25.8. The van der Waals surface area contributed by atoms with E-state index in [1.54, 1.807) is 0 Å². The molecule has 2 N–H and O–H groups in total. The molecule has 4 nitrogen and oxygen atoms in total. The second-order valence-corrected chi connectivity index (χ2v) is 6.83. The third-order valence-electron chi connectivity index (χ3n) is 5.01. The molecule has 0 aromatic heterocycles. The molecule has 5 heteroatoms. The molecule has 0 saturated carbocycles. The summed E-state index contributed by atoms with van der Waals surface area (Å²) in [7, 11) is 0. The Hall–Kier alpha value is -2.04. The highest BCUT2D eigenvalue weighted by molar-refractivity contribution is 6.33. The minimum absolute atomic E-state index is 0.00541. The first-order chi connectivity index (χ1) is 11.6. The van der Waals surface area contributed by atoms with Crippen LogP contribution in [0.4, 0.5) is 5.69 Å². The van der Waals surface area contributed by atoms with E-state index in [-0.39, 0.29) is 18.0 Å². The van der Waals surface area contributed by atoms with E-state index in [1.165, 1.54) is 0 Å². The van der Waals surface area contributed by atoms with Crippen LogP contribution in [0.25, 0.3) is 0 Å². The van der Waals surface area contributed by atoms with Crippen LogP contribution in [0.3, 0.4) is 0 Å². The standard InChI is InChI=1S/C19H19ClN2O2/c20-14-7-3-4-8-15(14)21-16-11-17-12-5-1-2-6-13(12)19(24)22(17)10-9-18(16)23/h1-8,16-18,21,23H,9-11H2/t16-,17-,18-/m0/s1. The van der Waals surface area contributed by atoms with Crippen LogP contribution in [-0.4, -0.2) is 34.6 Å². The first-order valence-corrected chi connectivity index (χ1v) is 8.62. The van der Waals surface area contributed by atoms with Gasteiger partial charge in [0.2, 0.25) is 0 Å². The van der Waals surface area contributed by atoms with Gasteiger partial charge in [-0.2, -0.15) is 0 Å². The predicted molar refractivity (Wildman–Crippen MR) is 94.3 cm³/mol. The number of amides is 1. The van der Waals surface area contributed by atoms with Gasteiger partial charge in [-0.05, 0) is 36.6 Å². The van der Waals surface area contributed by atoms with Gasteiger partial charge in [0, 0.05) is 12.1 Å². The number of nitrogens with one attached hydrogen (secondary N) is 1. The van der Waals surface area contributed by atoms with E-state index in [4.69, 9.17) is 11.6 Å². The summed E-state index contributed by atoms with van der Waals surface area (Å²) >= 11 is 6.24. The van der Waals surface area contributed by atoms with Crippen molar-refractivity contribution in [2.45, 2.75) is 31.0 Å². The molecule has 0 radical (unpaired) electrons. The molecule has 0 unspecified atom stereocenters. The molecule has 3 atom stereocenters. The smallest absolute Gasteiger partial charge is 0.254 e. The fourth-order valence-corrected chi connectivity index (χ4v) is 3.95. The Labute approximate surface area is 146 Å². The molecule has 2 aromatic rings. The number of rotatable bonds is 2. The highest BCUT2D eigenvalue weighted by atomic mass is 35.5. The zero-order valence-electron chi connectivity index (χ0n) is 13.2. The zero-order valence-corrected chi connectivity index (χ0v) is 13.9. The molecule has 2 aliphatic rings. The molecule has 124 valence electrons. The predicted octanol–water partition coefficient (Wildman–Crippen LogP) is 3.47. The number of benzene rings is 2. The van der Waals surface area contributed by atoms with E-state index in [9.17, 15) is 9.90 Å². The van der Waals surface area contributed by atoms with Crippen molar-refractivity contribution < 1.29 is 9.90 Å². The SMILES string of the molecule is O=C1c2ccccc2[C@@H]2C[C@H](Nc3ccccc3Cl)[C@@H](O)CCN12. The van der Waals surface area contributed by atoms with Crippen LogP contribution in [0.5, 0.6) is 0 Å². The van der Waals surface area contributed by atoms with Crippen LogP contribution >= 0.6 is 11.6 Å². The Morgan fingerprint density at radius 2 is 1.88 bits per heavy atom. The maximum atomic E-state index is 12.6. The summed E-state index contributed by atoms with van der Waals surface area (Å²) in [4.78, 5) is 14.5. The topological polar surface area (TPSA) is 52.6 Å². The molecule has 2 aromatic carbocycles. The number of carbonyl (C=O) groups is 1. The second-order valence-electron chi connectivity index (χ2n) is 6.42. The maximum absolute atomic E-state index is 12.6. The van der Waals surface area contributed by atoms with Gasteiger partial charge in [0.25, 0.3) is 5.91 Å². The van der Waals surface area contributed by atoms with Gasteiger partial charge >= 0.3 is 0 Å². The van der Waals surface area contributed by atoms with E-state index in [2.05, 4.69) is 5.32 Å². The number of anilines is 1. The highest BCUT2D eigenvalue weighted by Crippen LogP contribution is 2.40. The number of carbonyl (C=O) groups excluding carboxylic acids is 1. The number of hydrogen-bond acceptors (Lipinski definition) is 3. The summed E-state index contributed by atoms with van der Waals surface area (Å²) in [6.07, 6.45) is 0.694. The highest BCUT2D eigenvalue weighted by Gasteiger charge is 2.41. The van der Waals surface area contributed by atoms with Crippen LogP contribution in [-0.2, 0) is 0 Å². The average Bonchev–Trinajstić information content (AvgIpc) is 2.75. The number of halogens is 1. The molecule has 0 spiro atoms. The molecule has 1 saturated heterocycles. The van der Waals surface area contributed by atoms with Gasteiger partial charge in [-0.1, -0.05) is 41.9 Å². The Balaban J connectivity index is 1.64. The third-order valence-corrected chi connectivity index (χ3v) is 5.34. The van der Waals surface area contributed by atoms with Crippen molar-refractivity contribution in [1.29, 1.82) is 0 Å². The summed E-state index contributed by atoms with van der Waals surface area (Å²) in [6, 6.07) is 15.2. The van der Waals surface area contributed by atoms with E-state index >= 15 is 0 Å². The van der Waals surface area contributed by atoms with Gasteiger partial charge in [0.1, 0.15) is 0 Å². The monoisotopic (exact) mass is 342 g/mol. The first kappa shape index (κ1) is 15.5. The van der Waals surface area contributed by atoms with Gasteiger partial charge in [-0.25, -0.2) is 0 Å². The lowest BCUT2D eigenvalue weighted by Gasteiger charge is -2.26. The fourth-order valence-electron chi connectivity index (χ4n) is 3.76. The molecular weight excluding hydrogens is 324 g/mol. The van der Waals surface area contributed by atoms with Crippen LogP contribution < -0.4 is 5.32 Å². The van der Waals surface area contributed by atoms with Gasteiger partial charge in [0.05, 0.1) is 28.9 Å². The van der Waals surface area contributed by atoms with Crippen molar-refractivity contribution >= 4 is 23.2 Å². The third kappa shape index (κ3) is 2.56. The molecular formula is C19H19ClN2O2. The van der Waals surface area contributed by atoms with E-state index < -0.39 is 6.10 Å². The summed E-state index contributed by atoms with van der Waals surface area (Å²) in [5.74, 6) is 0.0705. The maximum Gasteiger partial charge on any atom is 0.254 e. The lowest BCUT2D eigenvalue weighted by atomic mass is 9.96. The number of aliphatic hydroxyl groups excluding tert-OH is 1. The Bertz CT molecular complexity index is 779. The van der Waals surface area contributed by atoms with Crippen LogP contribution in [0.15, 0.2) is 48.5 Å². The summed E-state index contributed by atoms with van der Waals surface area (Å²) in [6.45, 7) is 0.569. The van der Waals surface area contributed by atoms with Gasteiger partial charge in [-0.3, -0.25) is 4.79 Å². The zero-order chi connectivity index (χ0) is 16.7. The number of fused-ring (bicyclic) bond motifs is 3. The molecule has 1 amide bonds. The molecule has 24 heavy (non-hydrogen) atoms. The Kier molecular flexibility index (Phi) is 3.94. The van der Waals surface area contributed by atoms with Gasteiger partial charge in [-0.15, -0.1) is 0 Å². The first-order valence-electron chi connectivity index (χ1n) is 8.24. The molecule has 4 rings (SSSR count). The molecule has 0 bridgehead atoms. The average molecular weight is 343 g/mol. The minimum Gasteiger partial charge on any atom is -0.391 e. The van der Waals surface area contributed by atoms with Crippen LogP contribution in [0, 0.1) is 0 Å². The van der Waals surface area contributed by atoms with Crippen LogP contribution in [0.1, 0.15) is 34.8 Å². The summed E-state index contributed by atoms with van der Waals surface area (Å²) in [5, 5.41) is 14.6. The van der Waals surface area contributed by atoms with Crippen molar-refractivity contribution in [1.82, 2.24) is 4.90 Å². The second kappa shape index (κ2) is 6.11. The van der Waals surface area contributed by atoms with E-state index in [0.717, 1.165) is 16.8 Å². The fraction of sp³-hybridized carbons (Fsp3) is 0.316. The number of aliphatic hydroxyl groups is 1. The summed E-state index contributed by atoms with van der Waals surface area (Å²) in [5.41, 5.74) is 2.66. The van der Waals surface area contributed by atoms with Crippen molar-refractivity contribution in [3.63, 3.8) is 0 Å². The number of hydrogen-bond donors (Lipinski definition) is 2. The van der Waals surface area contributed by atoms with Crippen molar-refractivity contribution in [2.75, 3.05) is 11.9 Å².